The van der Waals surface area contributed by atoms with Crippen molar-refractivity contribution in [2.45, 2.75) is 58.5 Å². The van der Waals surface area contributed by atoms with Crippen molar-refractivity contribution in [2.24, 2.45) is 11.8 Å². The summed E-state index contributed by atoms with van der Waals surface area (Å²) in [5, 5.41) is 6.14. The lowest BCUT2D eigenvalue weighted by atomic mass is 10.0. The zero-order chi connectivity index (χ0) is 22.0. The molecule has 2 amide bonds. The molecule has 0 spiro atoms. The Morgan fingerprint density at radius 1 is 1.16 bits per heavy atom. The van der Waals surface area contributed by atoms with Gasteiger partial charge in [-0.15, -0.1) is 0 Å². The van der Waals surface area contributed by atoms with Gasteiger partial charge in [-0.3, -0.25) is 14.5 Å². The number of hydrogen-bond acceptors (Lipinski definition) is 4. The summed E-state index contributed by atoms with van der Waals surface area (Å²) in [6, 6.07) is 3.15. The van der Waals surface area contributed by atoms with E-state index >= 15 is 0 Å². The molecule has 1 aromatic carbocycles. The molecule has 0 aromatic heterocycles. The molecule has 7 heteroatoms. The monoisotopic (exact) mass is 430 g/mol. The molecule has 2 aliphatic heterocycles. The van der Waals surface area contributed by atoms with E-state index in [1.807, 2.05) is 11.8 Å². The minimum absolute atomic E-state index is 0.0442. The summed E-state index contributed by atoms with van der Waals surface area (Å²) in [7, 11) is 0. The molecule has 2 saturated heterocycles. The number of anilines is 1. The van der Waals surface area contributed by atoms with Crippen molar-refractivity contribution in [3.05, 3.63) is 29.1 Å². The van der Waals surface area contributed by atoms with Gasteiger partial charge in [0.05, 0.1) is 5.92 Å². The Labute approximate surface area is 184 Å². The number of nitrogens with one attached hydrogen (secondary N) is 2. The topological polar surface area (TPSA) is 64.7 Å². The largest absolute Gasteiger partial charge is 0.337 e. The van der Waals surface area contributed by atoms with Crippen LogP contribution in [0.2, 0.25) is 0 Å². The average Bonchev–Trinajstić information content (AvgIpc) is 3.45. The SMILES string of the molecule is Cc1c(CN2CCN(C(=O)C3CCCC3)[C@@H](C)C2)cc(F)cc1NC(=O)[C@H]1CCNC1. The number of carbonyl (C=O) groups excluding carboxylic acids is 2. The number of amides is 2. The maximum absolute atomic E-state index is 14.4. The fourth-order valence-corrected chi connectivity index (χ4v) is 5.30. The second-order valence-corrected chi connectivity index (χ2v) is 9.51. The van der Waals surface area contributed by atoms with Gasteiger partial charge in [-0.05, 0) is 62.9 Å². The molecule has 1 saturated carbocycles. The van der Waals surface area contributed by atoms with Crippen molar-refractivity contribution in [1.82, 2.24) is 15.1 Å². The minimum atomic E-state index is -0.330. The van der Waals surface area contributed by atoms with E-state index in [1.165, 1.54) is 18.9 Å². The van der Waals surface area contributed by atoms with E-state index < -0.39 is 0 Å². The zero-order valence-corrected chi connectivity index (χ0v) is 18.8. The van der Waals surface area contributed by atoms with Crippen LogP contribution in [0.4, 0.5) is 10.1 Å². The van der Waals surface area contributed by atoms with E-state index in [0.717, 1.165) is 56.6 Å². The first-order valence-corrected chi connectivity index (χ1v) is 11.8. The van der Waals surface area contributed by atoms with E-state index in [4.69, 9.17) is 0 Å². The first-order valence-electron chi connectivity index (χ1n) is 11.8. The average molecular weight is 431 g/mol. The zero-order valence-electron chi connectivity index (χ0n) is 18.8. The molecule has 3 aliphatic rings. The fraction of sp³-hybridized carbons (Fsp3) is 0.667. The lowest BCUT2D eigenvalue weighted by Gasteiger charge is -2.41. The molecule has 1 aromatic rings. The predicted octanol–water partition coefficient (Wildman–Crippen LogP) is 2.91. The smallest absolute Gasteiger partial charge is 0.228 e. The molecule has 6 nitrogen and oxygen atoms in total. The fourth-order valence-electron chi connectivity index (χ4n) is 5.30. The quantitative estimate of drug-likeness (QED) is 0.754. The molecule has 2 heterocycles. The van der Waals surface area contributed by atoms with Crippen LogP contribution >= 0.6 is 0 Å². The molecule has 4 rings (SSSR count). The van der Waals surface area contributed by atoms with Gasteiger partial charge in [0.2, 0.25) is 11.8 Å². The highest BCUT2D eigenvalue weighted by atomic mass is 19.1. The molecule has 2 N–H and O–H groups in total. The van der Waals surface area contributed by atoms with Gasteiger partial charge < -0.3 is 15.5 Å². The molecule has 1 aliphatic carbocycles. The van der Waals surface area contributed by atoms with Crippen LogP contribution in [0.5, 0.6) is 0 Å². The summed E-state index contributed by atoms with van der Waals surface area (Å²) >= 11 is 0. The van der Waals surface area contributed by atoms with E-state index in [0.29, 0.717) is 24.7 Å². The Kier molecular flexibility index (Phi) is 6.92. The summed E-state index contributed by atoms with van der Waals surface area (Å²) in [4.78, 5) is 29.7. The molecular formula is C24H35FN4O2. The number of piperazine rings is 1. The van der Waals surface area contributed by atoms with Crippen LogP contribution in [0.25, 0.3) is 0 Å². The van der Waals surface area contributed by atoms with Gasteiger partial charge in [0.25, 0.3) is 0 Å². The summed E-state index contributed by atoms with van der Waals surface area (Å²) in [6.07, 6.45) is 5.20. The lowest BCUT2D eigenvalue weighted by molar-refractivity contribution is -0.140. The third-order valence-corrected chi connectivity index (χ3v) is 7.26. The molecule has 3 fully saturated rings. The van der Waals surface area contributed by atoms with Gasteiger partial charge in [0, 0.05) is 50.4 Å². The Bertz CT molecular complexity index is 818. The van der Waals surface area contributed by atoms with Crippen LogP contribution in [0.3, 0.4) is 0 Å². The van der Waals surface area contributed by atoms with Crippen molar-refractivity contribution in [1.29, 1.82) is 0 Å². The number of hydrogen-bond donors (Lipinski definition) is 2. The highest BCUT2D eigenvalue weighted by Gasteiger charge is 2.33. The van der Waals surface area contributed by atoms with Crippen LogP contribution in [-0.4, -0.2) is 60.4 Å². The van der Waals surface area contributed by atoms with Gasteiger partial charge in [0.15, 0.2) is 0 Å². The summed E-state index contributed by atoms with van der Waals surface area (Å²) < 4.78 is 14.4. The number of halogens is 1. The first kappa shape index (κ1) is 22.2. The Morgan fingerprint density at radius 2 is 1.94 bits per heavy atom. The Balaban J connectivity index is 1.39. The lowest BCUT2D eigenvalue weighted by Crippen LogP contribution is -2.54. The third kappa shape index (κ3) is 5.09. The Morgan fingerprint density at radius 3 is 2.61 bits per heavy atom. The molecule has 0 radical (unpaired) electrons. The van der Waals surface area contributed by atoms with E-state index in [-0.39, 0.29) is 29.6 Å². The number of nitrogens with zero attached hydrogens (tertiary/aromatic N) is 2. The van der Waals surface area contributed by atoms with Crippen LogP contribution in [0.1, 0.15) is 50.2 Å². The van der Waals surface area contributed by atoms with Crippen molar-refractivity contribution < 1.29 is 14.0 Å². The molecule has 0 bridgehead atoms. The van der Waals surface area contributed by atoms with E-state index in [1.54, 1.807) is 6.07 Å². The number of benzene rings is 1. The van der Waals surface area contributed by atoms with Crippen LogP contribution in [-0.2, 0) is 16.1 Å². The molecule has 170 valence electrons. The maximum Gasteiger partial charge on any atom is 0.228 e. The van der Waals surface area contributed by atoms with Crippen LogP contribution in [0.15, 0.2) is 12.1 Å². The van der Waals surface area contributed by atoms with Crippen molar-refractivity contribution in [3.8, 4) is 0 Å². The predicted molar refractivity (Wildman–Crippen MR) is 119 cm³/mol. The summed E-state index contributed by atoms with van der Waals surface area (Å²) in [5.74, 6) is 0.0944. The van der Waals surface area contributed by atoms with Crippen LogP contribution < -0.4 is 10.6 Å². The maximum atomic E-state index is 14.4. The second-order valence-electron chi connectivity index (χ2n) is 9.51. The summed E-state index contributed by atoms with van der Waals surface area (Å²) in [6.45, 7) is 8.49. The number of carbonyl (C=O) groups is 2. The first-order chi connectivity index (χ1) is 14.9. The third-order valence-electron chi connectivity index (χ3n) is 7.26. The van der Waals surface area contributed by atoms with Crippen molar-refractivity contribution in [2.75, 3.05) is 38.0 Å². The molecule has 2 atom stereocenters. The Hall–Kier alpha value is -1.99. The van der Waals surface area contributed by atoms with E-state index in [9.17, 15) is 14.0 Å². The molecule has 0 unspecified atom stereocenters. The second kappa shape index (κ2) is 9.65. The van der Waals surface area contributed by atoms with E-state index in [2.05, 4.69) is 22.5 Å². The minimum Gasteiger partial charge on any atom is -0.337 e. The van der Waals surface area contributed by atoms with Gasteiger partial charge in [0.1, 0.15) is 5.82 Å². The van der Waals surface area contributed by atoms with Gasteiger partial charge in [-0.25, -0.2) is 4.39 Å². The molecule has 31 heavy (non-hydrogen) atoms. The van der Waals surface area contributed by atoms with Gasteiger partial charge >= 0.3 is 0 Å². The molecular weight excluding hydrogens is 395 g/mol. The van der Waals surface area contributed by atoms with Crippen LogP contribution in [0, 0.1) is 24.6 Å². The highest BCUT2D eigenvalue weighted by Crippen LogP contribution is 2.29. The standard InChI is InChI=1S/C24H35FN4O2/c1-16-14-28(9-10-29(16)24(31)18-5-3-4-6-18)15-20-11-21(25)12-22(17(20)2)27-23(30)19-7-8-26-13-19/h11-12,16,18-19,26H,3-10,13-15H2,1-2H3,(H,27,30)/t16-,19-/m0/s1. The van der Waals surface area contributed by atoms with Gasteiger partial charge in [-0.1, -0.05) is 12.8 Å². The normalized spacial score (nSPS) is 25.2. The van der Waals surface area contributed by atoms with Crippen molar-refractivity contribution >= 4 is 17.5 Å². The summed E-state index contributed by atoms with van der Waals surface area (Å²) in [5.41, 5.74) is 2.37. The van der Waals surface area contributed by atoms with Gasteiger partial charge in [-0.2, -0.15) is 0 Å². The number of rotatable bonds is 5. The highest BCUT2D eigenvalue weighted by molar-refractivity contribution is 5.93. The van der Waals surface area contributed by atoms with Crippen molar-refractivity contribution in [3.63, 3.8) is 0 Å².